The van der Waals surface area contributed by atoms with E-state index in [0.717, 1.165) is 10.6 Å². The Morgan fingerprint density at radius 2 is 1.88 bits per heavy atom. The molecule has 3 aliphatic rings. The van der Waals surface area contributed by atoms with Crippen molar-refractivity contribution in [1.82, 2.24) is 43.7 Å². The summed E-state index contributed by atoms with van der Waals surface area (Å²) in [5, 5.41) is 13.0. The minimum atomic E-state index is -3.27. The summed E-state index contributed by atoms with van der Waals surface area (Å²) in [5.74, 6) is -5.79. The molecule has 2 unspecified atom stereocenters. The Kier molecular flexibility index (Phi) is 9.85. The van der Waals surface area contributed by atoms with E-state index in [4.69, 9.17) is 0 Å². The number of carbonyl (C=O) groups excluding carboxylic acids is 3. The van der Waals surface area contributed by atoms with Crippen LogP contribution in [0.5, 0.6) is 0 Å². The summed E-state index contributed by atoms with van der Waals surface area (Å²) in [7, 11) is 3.04. The summed E-state index contributed by atoms with van der Waals surface area (Å²) in [6.45, 7) is -0.374. The maximum atomic E-state index is 16.1. The van der Waals surface area contributed by atoms with Gasteiger partial charge in [-0.05, 0) is 69.7 Å². The van der Waals surface area contributed by atoms with Gasteiger partial charge in [0.15, 0.2) is 11.3 Å². The third kappa shape index (κ3) is 6.92. The van der Waals surface area contributed by atoms with Crippen LogP contribution in [0.1, 0.15) is 79.5 Å². The molecule has 1 saturated carbocycles. The third-order valence-electron chi connectivity index (χ3n) is 11.6. The first kappa shape index (κ1) is 38.2. The van der Waals surface area contributed by atoms with Crippen molar-refractivity contribution in [1.29, 1.82) is 0 Å². The molecule has 0 spiro atoms. The van der Waals surface area contributed by atoms with Crippen LogP contribution in [0.2, 0.25) is 0 Å². The molecule has 20 heteroatoms. The molecule has 3 fully saturated rings. The number of fused-ring (bicyclic) bond motifs is 2. The first-order chi connectivity index (χ1) is 27.2. The zero-order valence-electron chi connectivity index (χ0n) is 31.0. The van der Waals surface area contributed by atoms with Crippen molar-refractivity contribution in [2.45, 2.75) is 75.4 Å². The molecule has 4 aromatic heterocycles. The SMILES string of the molecule is CN(CC1CCC(n2cc(NC(=O)c3cnn4cccnc34)c(C(F)F)n2)CC1)C1CCN(c2c(F)ccc3c2n(C)c(=O)n3C2CCC(=O)NC2=O)CC1(F)F. The lowest BCUT2D eigenvalue weighted by molar-refractivity contribution is -0.135. The fourth-order valence-corrected chi connectivity index (χ4v) is 8.78. The van der Waals surface area contributed by atoms with E-state index in [-0.39, 0.29) is 71.4 Å². The topological polar surface area (TPSA) is 157 Å². The summed E-state index contributed by atoms with van der Waals surface area (Å²) in [6, 6.07) is 1.67. The van der Waals surface area contributed by atoms with Crippen molar-refractivity contribution in [2.24, 2.45) is 13.0 Å². The van der Waals surface area contributed by atoms with Gasteiger partial charge in [0.05, 0.1) is 47.2 Å². The van der Waals surface area contributed by atoms with Crippen molar-refractivity contribution in [3.05, 3.63) is 70.5 Å². The van der Waals surface area contributed by atoms with Gasteiger partial charge in [-0.1, -0.05) is 0 Å². The molecule has 2 atom stereocenters. The largest absolute Gasteiger partial charge is 0.361 e. The predicted molar refractivity (Wildman–Crippen MR) is 196 cm³/mol. The maximum Gasteiger partial charge on any atom is 0.329 e. The van der Waals surface area contributed by atoms with E-state index < -0.39 is 65.9 Å². The number of piperidine rings is 2. The highest BCUT2D eigenvalue weighted by Crippen LogP contribution is 2.40. The van der Waals surface area contributed by atoms with E-state index in [1.807, 2.05) is 0 Å². The molecule has 1 aromatic carbocycles. The second-order valence-corrected chi connectivity index (χ2v) is 15.2. The molecular weight excluding hydrogens is 757 g/mol. The van der Waals surface area contributed by atoms with Crippen LogP contribution in [0.3, 0.4) is 0 Å². The molecule has 5 aromatic rings. The number of imide groups is 1. The lowest BCUT2D eigenvalue weighted by Gasteiger charge is -2.44. The maximum absolute atomic E-state index is 16.1. The minimum Gasteiger partial charge on any atom is -0.361 e. The molecule has 57 heavy (non-hydrogen) atoms. The average molecular weight is 798 g/mol. The quantitative estimate of drug-likeness (QED) is 0.162. The summed E-state index contributed by atoms with van der Waals surface area (Å²) < 4.78 is 81.0. The van der Waals surface area contributed by atoms with Gasteiger partial charge in [0, 0.05) is 45.1 Å². The zero-order chi connectivity index (χ0) is 40.3. The number of aromatic nitrogens is 7. The number of carbonyl (C=O) groups is 3. The van der Waals surface area contributed by atoms with E-state index in [0.29, 0.717) is 32.2 Å². The first-order valence-electron chi connectivity index (χ1n) is 18.7. The van der Waals surface area contributed by atoms with Gasteiger partial charge in [-0.25, -0.2) is 36.2 Å². The Morgan fingerprint density at radius 3 is 2.60 bits per heavy atom. The highest BCUT2D eigenvalue weighted by molar-refractivity contribution is 6.08. The Morgan fingerprint density at radius 1 is 1.11 bits per heavy atom. The molecule has 302 valence electrons. The van der Waals surface area contributed by atoms with E-state index in [2.05, 4.69) is 25.8 Å². The predicted octanol–water partition coefficient (Wildman–Crippen LogP) is 4.46. The number of amides is 3. The lowest BCUT2D eigenvalue weighted by atomic mass is 9.85. The number of rotatable bonds is 9. The standard InChI is InChI=1S/C37H40F5N11O4/c1-48(17-20-4-6-21(7-5-20)52-18-24(29(47-52)32(39)40)45-34(55)22-16-44-51-14-3-13-43-33(22)51)27-12-15-50(19-37(27,41)42)30-23(38)8-9-25-31(30)49(2)36(57)53(25)26-10-11-28(54)46-35(26)56/h3,8-9,13-14,16,18,20-21,26-27,32H,4-7,10-12,15,17,19H2,1-2H3,(H,45,55)(H,46,54,56). The highest BCUT2D eigenvalue weighted by atomic mass is 19.3. The van der Waals surface area contributed by atoms with Crippen LogP contribution in [0.15, 0.2) is 47.8 Å². The fraction of sp³-hybridized carbons (Fsp3) is 0.486. The van der Waals surface area contributed by atoms with Gasteiger partial charge >= 0.3 is 5.69 Å². The summed E-state index contributed by atoms with van der Waals surface area (Å²) in [6.07, 6.45) is 5.31. The average Bonchev–Trinajstić information content (AvgIpc) is 3.86. The van der Waals surface area contributed by atoms with E-state index in [9.17, 15) is 28.0 Å². The van der Waals surface area contributed by atoms with Gasteiger partial charge in [0.1, 0.15) is 17.4 Å². The number of halogens is 5. The molecule has 2 N–H and O–H groups in total. The van der Waals surface area contributed by atoms with Crippen LogP contribution in [0.25, 0.3) is 16.7 Å². The molecule has 0 bridgehead atoms. The Bertz CT molecular complexity index is 2430. The van der Waals surface area contributed by atoms with Crippen molar-refractivity contribution in [2.75, 3.05) is 36.9 Å². The number of imidazole rings is 1. The van der Waals surface area contributed by atoms with Crippen molar-refractivity contribution >= 4 is 45.8 Å². The van der Waals surface area contributed by atoms with Crippen molar-refractivity contribution in [3.63, 3.8) is 0 Å². The van der Waals surface area contributed by atoms with E-state index in [1.54, 1.807) is 24.2 Å². The molecule has 15 nitrogen and oxygen atoms in total. The molecule has 6 heterocycles. The number of hydrogen-bond donors (Lipinski definition) is 2. The van der Waals surface area contributed by atoms with Crippen LogP contribution in [0, 0.1) is 11.7 Å². The Hall–Kier alpha value is -5.66. The number of aryl methyl sites for hydroxylation is 1. The van der Waals surface area contributed by atoms with E-state index in [1.165, 1.54) is 50.4 Å². The Balaban J connectivity index is 0.915. The van der Waals surface area contributed by atoms with Gasteiger partial charge in [-0.3, -0.25) is 38.4 Å². The zero-order valence-corrected chi connectivity index (χ0v) is 31.0. The highest BCUT2D eigenvalue weighted by Gasteiger charge is 2.48. The number of anilines is 2. The lowest BCUT2D eigenvalue weighted by Crippen LogP contribution is -2.58. The van der Waals surface area contributed by atoms with Gasteiger partial charge in [0.25, 0.3) is 18.3 Å². The summed E-state index contributed by atoms with van der Waals surface area (Å²) >= 11 is 0. The molecule has 0 radical (unpaired) electrons. The number of alkyl halides is 4. The number of nitrogens with zero attached hydrogens (tertiary/aromatic N) is 9. The van der Waals surface area contributed by atoms with Crippen LogP contribution in [-0.2, 0) is 16.6 Å². The fourth-order valence-electron chi connectivity index (χ4n) is 8.78. The smallest absolute Gasteiger partial charge is 0.329 e. The normalized spacial score (nSPS) is 22.9. The van der Waals surface area contributed by atoms with Crippen LogP contribution < -0.4 is 21.2 Å². The summed E-state index contributed by atoms with van der Waals surface area (Å²) in [4.78, 5) is 57.9. The number of nitrogens with one attached hydrogen (secondary N) is 2. The third-order valence-corrected chi connectivity index (χ3v) is 11.6. The molecule has 8 rings (SSSR count). The molecule has 2 aliphatic heterocycles. The van der Waals surface area contributed by atoms with Crippen LogP contribution in [0.4, 0.5) is 33.3 Å². The first-order valence-corrected chi connectivity index (χ1v) is 18.7. The molecule has 3 amide bonds. The molecular formula is C37H40F5N11O4. The van der Waals surface area contributed by atoms with Gasteiger partial charge in [0.2, 0.25) is 11.8 Å². The monoisotopic (exact) mass is 797 g/mol. The Labute approximate surface area is 321 Å². The minimum absolute atomic E-state index is 0.00000899. The molecule has 2 saturated heterocycles. The second-order valence-electron chi connectivity index (χ2n) is 15.2. The van der Waals surface area contributed by atoms with Crippen molar-refractivity contribution in [3.8, 4) is 0 Å². The second kappa shape index (κ2) is 14.7. The number of hydrogen-bond acceptors (Lipinski definition) is 9. The van der Waals surface area contributed by atoms with Gasteiger partial charge in [-0.2, -0.15) is 10.2 Å². The van der Waals surface area contributed by atoms with Crippen LogP contribution >= 0.6 is 0 Å². The van der Waals surface area contributed by atoms with Gasteiger partial charge in [-0.15, -0.1) is 0 Å². The van der Waals surface area contributed by atoms with Crippen molar-refractivity contribution < 1.29 is 36.3 Å². The molecule has 1 aliphatic carbocycles. The summed E-state index contributed by atoms with van der Waals surface area (Å²) in [5.41, 5.74) is -0.793. The van der Waals surface area contributed by atoms with Gasteiger partial charge < -0.3 is 10.2 Å². The number of benzene rings is 1. The van der Waals surface area contributed by atoms with E-state index >= 15 is 13.2 Å². The van der Waals surface area contributed by atoms with Crippen LogP contribution in [-0.4, -0.2) is 94.8 Å².